The van der Waals surface area contributed by atoms with Gasteiger partial charge < -0.3 is 14.6 Å². The SMILES string of the molecule is CCOc1ccccc1CNC(=O)c1nc(-c2nn(-c3ccc(C)cc3)c(=O)n(C)c2=O)no1. The summed E-state index contributed by atoms with van der Waals surface area (Å²) < 4.78 is 12.6. The number of rotatable bonds is 7. The maximum Gasteiger partial charge on any atom is 0.351 e. The fraction of sp³-hybridized carbons (Fsp3) is 0.217. The van der Waals surface area contributed by atoms with E-state index >= 15 is 0 Å². The van der Waals surface area contributed by atoms with E-state index in [0.29, 0.717) is 18.0 Å². The summed E-state index contributed by atoms with van der Waals surface area (Å²) in [5.74, 6) is -0.529. The van der Waals surface area contributed by atoms with E-state index in [-0.39, 0.29) is 24.0 Å². The molecule has 11 nitrogen and oxygen atoms in total. The van der Waals surface area contributed by atoms with Crippen LogP contribution in [0, 0.1) is 6.92 Å². The summed E-state index contributed by atoms with van der Waals surface area (Å²) in [6.07, 6.45) is 0. The summed E-state index contributed by atoms with van der Waals surface area (Å²) in [6.45, 7) is 4.44. The van der Waals surface area contributed by atoms with Crippen molar-refractivity contribution in [3.05, 3.63) is 86.4 Å². The summed E-state index contributed by atoms with van der Waals surface area (Å²) >= 11 is 0. The Hall–Kier alpha value is -4.54. The molecule has 0 radical (unpaired) electrons. The van der Waals surface area contributed by atoms with Gasteiger partial charge in [-0.25, -0.2) is 4.79 Å². The van der Waals surface area contributed by atoms with Crippen LogP contribution in [0.3, 0.4) is 0 Å². The number of carbonyl (C=O) groups excluding carboxylic acids is 1. The van der Waals surface area contributed by atoms with Crippen LogP contribution in [-0.2, 0) is 13.6 Å². The number of ether oxygens (including phenoxy) is 1. The van der Waals surface area contributed by atoms with Crippen molar-refractivity contribution in [1.29, 1.82) is 0 Å². The number of amides is 1. The smallest absolute Gasteiger partial charge is 0.351 e. The molecule has 0 atom stereocenters. The van der Waals surface area contributed by atoms with Gasteiger partial charge in [0.15, 0.2) is 5.69 Å². The largest absolute Gasteiger partial charge is 0.494 e. The van der Waals surface area contributed by atoms with E-state index in [2.05, 4.69) is 20.6 Å². The average Bonchev–Trinajstić information content (AvgIpc) is 3.33. The maximum absolute atomic E-state index is 12.7. The third-order valence-electron chi connectivity index (χ3n) is 5.00. The molecule has 11 heteroatoms. The molecule has 0 bridgehead atoms. The lowest BCUT2D eigenvalue weighted by Crippen LogP contribution is -2.40. The Morgan fingerprint density at radius 2 is 1.85 bits per heavy atom. The number of hydrogen-bond donors (Lipinski definition) is 1. The zero-order chi connectivity index (χ0) is 24.2. The third kappa shape index (κ3) is 4.49. The highest BCUT2D eigenvalue weighted by molar-refractivity contribution is 5.89. The molecule has 0 saturated heterocycles. The zero-order valence-electron chi connectivity index (χ0n) is 18.8. The lowest BCUT2D eigenvalue weighted by molar-refractivity contribution is 0.0906. The van der Waals surface area contributed by atoms with Crippen molar-refractivity contribution < 1.29 is 14.1 Å². The molecule has 4 aromatic rings. The van der Waals surface area contributed by atoms with Gasteiger partial charge in [0.25, 0.3) is 5.56 Å². The van der Waals surface area contributed by atoms with Crippen molar-refractivity contribution in [2.24, 2.45) is 7.05 Å². The Labute approximate surface area is 193 Å². The number of para-hydroxylation sites is 1. The van der Waals surface area contributed by atoms with Gasteiger partial charge in [0.05, 0.1) is 12.3 Å². The first-order valence-electron chi connectivity index (χ1n) is 10.5. The quantitative estimate of drug-likeness (QED) is 0.438. The highest BCUT2D eigenvalue weighted by atomic mass is 16.5. The molecule has 174 valence electrons. The molecule has 0 aliphatic rings. The normalized spacial score (nSPS) is 10.8. The van der Waals surface area contributed by atoms with Crippen LogP contribution in [0.15, 0.2) is 62.6 Å². The van der Waals surface area contributed by atoms with Crippen molar-refractivity contribution >= 4 is 5.91 Å². The number of benzene rings is 2. The number of aromatic nitrogens is 5. The topological polar surface area (TPSA) is 134 Å². The molecule has 1 amide bonds. The van der Waals surface area contributed by atoms with E-state index < -0.39 is 17.2 Å². The summed E-state index contributed by atoms with van der Waals surface area (Å²) in [7, 11) is 1.32. The van der Waals surface area contributed by atoms with Crippen molar-refractivity contribution in [2.45, 2.75) is 20.4 Å². The van der Waals surface area contributed by atoms with Gasteiger partial charge in [0.2, 0.25) is 5.82 Å². The van der Waals surface area contributed by atoms with E-state index in [1.807, 2.05) is 44.2 Å². The van der Waals surface area contributed by atoms with E-state index in [1.54, 1.807) is 18.2 Å². The van der Waals surface area contributed by atoms with Crippen molar-refractivity contribution in [1.82, 2.24) is 29.8 Å². The third-order valence-corrected chi connectivity index (χ3v) is 5.00. The van der Waals surface area contributed by atoms with Crippen LogP contribution in [0.25, 0.3) is 17.2 Å². The van der Waals surface area contributed by atoms with E-state index in [9.17, 15) is 14.4 Å². The fourth-order valence-electron chi connectivity index (χ4n) is 3.18. The van der Waals surface area contributed by atoms with Crippen molar-refractivity contribution in [3.63, 3.8) is 0 Å². The molecule has 0 aliphatic carbocycles. The minimum atomic E-state index is -0.716. The molecule has 2 aromatic carbocycles. The van der Waals surface area contributed by atoms with Crippen molar-refractivity contribution in [3.8, 4) is 23.0 Å². The van der Waals surface area contributed by atoms with Gasteiger partial charge in [-0.15, -0.1) is 0 Å². The average molecular weight is 462 g/mol. The summed E-state index contributed by atoms with van der Waals surface area (Å²) in [5, 5.41) is 10.5. The van der Waals surface area contributed by atoms with Gasteiger partial charge in [0.1, 0.15) is 5.75 Å². The van der Waals surface area contributed by atoms with E-state index in [0.717, 1.165) is 20.4 Å². The van der Waals surface area contributed by atoms with Crippen molar-refractivity contribution in [2.75, 3.05) is 6.61 Å². The molecular weight excluding hydrogens is 440 g/mol. The number of nitrogens with zero attached hydrogens (tertiary/aromatic N) is 5. The molecular formula is C23H22N6O5. The van der Waals surface area contributed by atoms with E-state index in [4.69, 9.17) is 9.26 Å². The summed E-state index contributed by atoms with van der Waals surface area (Å²) in [6, 6.07) is 14.3. The molecule has 2 aromatic heterocycles. The second-order valence-electron chi connectivity index (χ2n) is 7.39. The van der Waals surface area contributed by atoms with Crippen LogP contribution < -0.4 is 21.3 Å². The molecule has 0 unspecified atom stereocenters. The Bertz CT molecular complexity index is 1450. The van der Waals surface area contributed by atoms with Crippen LogP contribution in [0.5, 0.6) is 5.75 Å². The molecule has 34 heavy (non-hydrogen) atoms. The van der Waals surface area contributed by atoms with E-state index in [1.165, 1.54) is 7.05 Å². The minimum absolute atomic E-state index is 0.172. The van der Waals surface area contributed by atoms with Gasteiger partial charge in [-0.3, -0.25) is 14.2 Å². The second kappa shape index (κ2) is 9.53. The number of carbonyl (C=O) groups is 1. The van der Waals surface area contributed by atoms with Gasteiger partial charge >= 0.3 is 17.5 Å². The minimum Gasteiger partial charge on any atom is -0.494 e. The Morgan fingerprint density at radius 3 is 2.59 bits per heavy atom. The van der Waals surface area contributed by atoms with Gasteiger partial charge in [-0.1, -0.05) is 41.1 Å². The van der Waals surface area contributed by atoms with Crippen LogP contribution in [0.1, 0.15) is 28.7 Å². The maximum atomic E-state index is 12.7. The number of aryl methyl sites for hydroxylation is 1. The van der Waals surface area contributed by atoms with Gasteiger partial charge in [0, 0.05) is 19.2 Å². The van der Waals surface area contributed by atoms with Crippen LogP contribution in [0.2, 0.25) is 0 Å². The van der Waals surface area contributed by atoms with Gasteiger partial charge in [-0.2, -0.15) is 14.8 Å². The number of hydrogen-bond acceptors (Lipinski definition) is 8. The monoisotopic (exact) mass is 462 g/mol. The first-order valence-corrected chi connectivity index (χ1v) is 10.5. The lowest BCUT2D eigenvalue weighted by Gasteiger charge is -2.09. The predicted octanol–water partition coefficient (Wildman–Crippen LogP) is 1.62. The second-order valence-corrected chi connectivity index (χ2v) is 7.39. The van der Waals surface area contributed by atoms with Crippen LogP contribution in [0.4, 0.5) is 0 Å². The lowest BCUT2D eigenvalue weighted by atomic mass is 10.2. The molecule has 0 aliphatic heterocycles. The van der Waals surface area contributed by atoms with Crippen LogP contribution >= 0.6 is 0 Å². The molecule has 0 spiro atoms. The number of nitrogens with one attached hydrogen (secondary N) is 1. The molecule has 0 fully saturated rings. The summed E-state index contributed by atoms with van der Waals surface area (Å²) in [4.78, 5) is 41.8. The standard InChI is InChI=1S/C23H22N6O5/c1-4-33-17-8-6-5-7-15(17)13-24-20(30)21-25-19(27-34-21)18-22(31)28(3)23(32)29(26-18)16-11-9-14(2)10-12-16/h5-12H,4,13H2,1-3H3,(H,24,30). The first-order chi connectivity index (χ1) is 16.4. The Balaban J connectivity index is 1.60. The highest BCUT2D eigenvalue weighted by Crippen LogP contribution is 2.18. The Morgan fingerprint density at radius 1 is 1.12 bits per heavy atom. The first kappa shape index (κ1) is 22.6. The Kier molecular flexibility index (Phi) is 6.35. The van der Waals surface area contributed by atoms with Gasteiger partial charge in [-0.05, 0) is 32.0 Å². The zero-order valence-corrected chi connectivity index (χ0v) is 18.8. The molecule has 0 saturated carbocycles. The molecule has 2 heterocycles. The molecule has 4 rings (SSSR count). The fourth-order valence-corrected chi connectivity index (χ4v) is 3.18. The summed E-state index contributed by atoms with van der Waals surface area (Å²) in [5.41, 5.74) is 0.658. The highest BCUT2D eigenvalue weighted by Gasteiger charge is 2.22. The predicted molar refractivity (Wildman–Crippen MR) is 122 cm³/mol. The molecule has 1 N–H and O–H groups in total. The van der Waals surface area contributed by atoms with Crippen LogP contribution in [-0.4, -0.2) is 37.0 Å².